The molecular formula is C24H21Cl3N4O3S. The summed E-state index contributed by atoms with van der Waals surface area (Å²) in [4.78, 5) is 28.0. The summed E-state index contributed by atoms with van der Waals surface area (Å²) in [6.45, 7) is 4.29. The summed E-state index contributed by atoms with van der Waals surface area (Å²) in [7, 11) is 0. The average molecular weight is 552 g/mol. The van der Waals surface area contributed by atoms with Gasteiger partial charge in [-0.2, -0.15) is 0 Å². The molecule has 1 fully saturated rings. The van der Waals surface area contributed by atoms with E-state index in [0.29, 0.717) is 58.3 Å². The number of piperazine rings is 1. The Morgan fingerprint density at radius 2 is 1.66 bits per heavy atom. The number of nitrogens with zero attached hydrogens (tertiary/aromatic N) is 2. The number of amides is 2. The highest BCUT2D eigenvalue weighted by atomic mass is 35.5. The van der Waals surface area contributed by atoms with Gasteiger partial charge in [-0.15, -0.1) is 0 Å². The molecule has 3 aromatic rings. The molecule has 11 heteroatoms. The Balaban J connectivity index is 1.35. The van der Waals surface area contributed by atoms with Crippen LogP contribution in [0.15, 0.2) is 52.9 Å². The van der Waals surface area contributed by atoms with Gasteiger partial charge in [0.15, 0.2) is 10.9 Å². The third-order valence-corrected chi connectivity index (χ3v) is 6.78. The smallest absolute Gasteiger partial charge is 0.293 e. The molecule has 1 aromatic heterocycles. The van der Waals surface area contributed by atoms with Crippen LogP contribution in [0.4, 0.5) is 11.4 Å². The predicted molar refractivity (Wildman–Crippen MR) is 144 cm³/mol. The fourth-order valence-electron chi connectivity index (χ4n) is 3.69. The van der Waals surface area contributed by atoms with Crippen LogP contribution in [0.1, 0.15) is 17.5 Å². The van der Waals surface area contributed by atoms with Crippen LogP contribution in [0.3, 0.4) is 0 Å². The number of rotatable bonds is 4. The Hall–Kier alpha value is -2.78. The minimum Gasteiger partial charge on any atom is -0.451 e. The van der Waals surface area contributed by atoms with E-state index in [4.69, 9.17) is 51.4 Å². The van der Waals surface area contributed by atoms with Gasteiger partial charge < -0.3 is 19.5 Å². The van der Waals surface area contributed by atoms with Crippen LogP contribution < -0.4 is 15.5 Å². The summed E-state index contributed by atoms with van der Waals surface area (Å²) in [6, 6.07) is 13.7. The van der Waals surface area contributed by atoms with E-state index in [1.165, 1.54) is 0 Å². The number of benzene rings is 2. The number of anilines is 2. The summed E-state index contributed by atoms with van der Waals surface area (Å²) in [5.74, 6) is 0.137. The zero-order chi connectivity index (χ0) is 25.1. The number of furan rings is 1. The Bertz CT molecular complexity index is 1290. The number of hydrogen-bond donors (Lipinski definition) is 2. The SMILES string of the molecule is CC(=O)N1CCN(c2ccc(NC(=S)NC(=O)c3ccc(-c4ccc(Cl)c(Cl)c4)o3)cc2Cl)CC1. The number of nitrogens with one attached hydrogen (secondary N) is 2. The van der Waals surface area contributed by atoms with Crippen molar-refractivity contribution in [3.8, 4) is 11.3 Å². The Kier molecular flexibility index (Phi) is 7.86. The topological polar surface area (TPSA) is 77.8 Å². The van der Waals surface area contributed by atoms with Crippen molar-refractivity contribution in [3.05, 3.63) is 69.4 Å². The molecule has 182 valence electrons. The Morgan fingerprint density at radius 1 is 0.914 bits per heavy atom. The summed E-state index contributed by atoms with van der Waals surface area (Å²) >= 11 is 23.8. The van der Waals surface area contributed by atoms with E-state index >= 15 is 0 Å². The second kappa shape index (κ2) is 10.9. The van der Waals surface area contributed by atoms with E-state index in [2.05, 4.69) is 15.5 Å². The molecule has 7 nitrogen and oxygen atoms in total. The molecule has 35 heavy (non-hydrogen) atoms. The van der Waals surface area contributed by atoms with Crippen LogP contribution in [0.25, 0.3) is 11.3 Å². The molecule has 2 N–H and O–H groups in total. The molecule has 1 saturated heterocycles. The lowest BCUT2D eigenvalue weighted by Crippen LogP contribution is -2.48. The lowest BCUT2D eigenvalue weighted by molar-refractivity contribution is -0.129. The van der Waals surface area contributed by atoms with E-state index in [1.54, 1.807) is 43.3 Å². The standard InChI is InChI=1S/C24H21Cl3N4O3S/c1-14(32)30-8-10-31(11-9-30)20-5-3-16(13-19(20)27)28-24(35)29-23(33)22-7-6-21(34-22)15-2-4-17(25)18(26)12-15/h2-7,12-13H,8-11H2,1H3,(H2,28,29,33,35). The highest BCUT2D eigenvalue weighted by molar-refractivity contribution is 7.80. The molecule has 0 spiro atoms. The Morgan fingerprint density at radius 3 is 2.31 bits per heavy atom. The van der Waals surface area contributed by atoms with Crippen LogP contribution in [0.2, 0.25) is 15.1 Å². The fourth-order valence-corrected chi connectivity index (χ4v) is 4.50. The molecule has 2 aromatic carbocycles. The number of halogens is 3. The molecule has 0 bridgehead atoms. The first kappa shape index (κ1) is 25.3. The molecule has 0 saturated carbocycles. The zero-order valence-electron chi connectivity index (χ0n) is 18.6. The molecule has 2 heterocycles. The van der Waals surface area contributed by atoms with Gasteiger partial charge in [0.1, 0.15) is 5.76 Å². The summed E-state index contributed by atoms with van der Waals surface area (Å²) in [5, 5.41) is 7.01. The van der Waals surface area contributed by atoms with Gasteiger partial charge in [0.2, 0.25) is 5.91 Å². The minimum absolute atomic E-state index is 0.0750. The van der Waals surface area contributed by atoms with Gasteiger partial charge in [-0.1, -0.05) is 34.8 Å². The maximum Gasteiger partial charge on any atom is 0.293 e. The van der Waals surface area contributed by atoms with Crippen molar-refractivity contribution in [2.75, 3.05) is 36.4 Å². The van der Waals surface area contributed by atoms with Crippen molar-refractivity contribution in [3.63, 3.8) is 0 Å². The van der Waals surface area contributed by atoms with Crippen LogP contribution in [-0.4, -0.2) is 48.0 Å². The van der Waals surface area contributed by atoms with Crippen molar-refractivity contribution in [2.24, 2.45) is 0 Å². The summed E-state index contributed by atoms with van der Waals surface area (Å²) in [5.41, 5.74) is 2.19. The van der Waals surface area contributed by atoms with Crippen LogP contribution in [-0.2, 0) is 4.79 Å². The van der Waals surface area contributed by atoms with Gasteiger partial charge in [-0.25, -0.2) is 0 Å². The van der Waals surface area contributed by atoms with Crippen molar-refractivity contribution in [2.45, 2.75) is 6.92 Å². The lowest BCUT2D eigenvalue weighted by Gasteiger charge is -2.36. The van der Waals surface area contributed by atoms with E-state index in [0.717, 1.165) is 5.69 Å². The molecular weight excluding hydrogens is 531 g/mol. The van der Waals surface area contributed by atoms with Gasteiger partial charge in [-0.3, -0.25) is 14.9 Å². The van der Waals surface area contributed by atoms with Crippen molar-refractivity contribution in [1.82, 2.24) is 10.2 Å². The highest BCUT2D eigenvalue weighted by Crippen LogP contribution is 2.31. The van der Waals surface area contributed by atoms with Gasteiger partial charge in [-0.05, 0) is 60.7 Å². The van der Waals surface area contributed by atoms with E-state index in [1.807, 2.05) is 17.0 Å². The summed E-state index contributed by atoms with van der Waals surface area (Å²) in [6.07, 6.45) is 0. The van der Waals surface area contributed by atoms with Crippen LogP contribution in [0, 0.1) is 0 Å². The van der Waals surface area contributed by atoms with Gasteiger partial charge in [0.05, 0.1) is 20.8 Å². The third kappa shape index (κ3) is 6.08. The third-order valence-electron chi connectivity index (χ3n) is 5.53. The maximum atomic E-state index is 12.6. The van der Waals surface area contributed by atoms with Gasteiger partial charge in [0.25, 0.3) is 5.91 Å². The molecule has 1 aliphatic heterocycles. The lowest BCUT2D eigenvalue weighted by atomic mass is 10.2. The maximum absolute atomic E-state index is 12.6. The summed E-state index contributed by atoms with van der Waals surface area (Å²) < 4.78 is 5.65. The average Bonchev–Trinajstić information content (AvgIpc) is 3.31. The number of thiocarbonyl (C=S) groups is 1. The number of hydrogen-bond acceptors (Lipinski definition) is 5. The molecule has 0 atom stereocenters. The van der Waals surface area contributed by atoms with Gasteiger partial charge >= 0.3 is 0 Å². The quantitative estimate of drug-likeness (QED) is 0.405. The monoisotopic (exact) mass is 550 g/mol. The van der Waals surface area contributed by atoms with E-state index < -0.39 is 5.91 Å². The zero-order valence-corrected chi connectivity index (χ0v) is 21.7. The van der Waals surface area contributed by atoms with Gasteiger partial charge in [0, 0.05) is 44.4 Å². The first-order chi connectivity index (χ1) is 16.7. The van der Waals surface area contributed by atoms with Crippen molar-refractivity contribution in [1.29, 1.82) is 0 Å². The number of carbonyl (C=O) groups is 2. The second-order valence-corrected chi connectivity index (χ2v) is 9.49. The van der Waals surface area contributed by atoms with Crippen LogP contribution >= 0.6 is 47.0 Å². The van der Waals surface area contributed by atoms with Crippen LogP contribution in [0.5, 0.6) is 0 Å². The molecule has 0 aliphatic carbocycles. The van der Waals surface area contributed by atoms with E-state index in [9.17, 15) is 9.59 Å². The number of carbonyl (C=O) groups excluding carboxylic acids is 2. The highest BCUT2D eigenvalue weighted by Gasteiger charge is 2.21. The minimum atomic E-state index is -0.500. The largest absolute Gasteiger partial charge is 0.451 e. The first-order valence-electron chi connectivity index (χ1n) is 10.7. The second-order valence-electron chi connectivity index (χ2n) is 7.86. The molecule has 4 rings (SSSR count). The first-order valence-corrected chi connectivity index (χ1v) is 12.2. The molecule has 0 unspecified atom stereocenters. The molecule has 2 amide bonds. The predicted octanol–water partition coefficient (Wildman–Crippen LogP) is 5.70. The van der Waals surface area contributed by atoms with E-state index in [-0.39, 0.29) is 16.8 Å². The normalized spacial score (nSPS) is 13.5. The van der Waals surface area contributed by atoms with Crippen molar-refractivity contribution >= 4 is 75.3 Å². The Labute approximate surface area is 222 Å². The van der Waals surface area contributed by atoms with Crippen molar-refractivity contribution < 1.29 is 14.0 Å². The fraction of sp³-hybridized carbons (Fsp3) is 0.208. The molecule has 0 radical (unpaired) electrons. The molecule has 1 aliphatic rings.